The summed E-state index contributed by atoms with van der Waals surface area (Å²) in [5.74, 6) is -0.958. The Kier molecular flexibility index (Phi) is 15.8. The predicted molar refractivity (Wildman–Crippen MR) is 260 cm³/mol. The third-order valence-electron chi connectivity index (χ3n) is 9.91. The Morgan fingerprint density at radius 1 is 0.716 bits per heavy atom. The van der Waals surface area contributed by atoms with Crippen LogP contribution in [0.2, 0.25) is 0 Å². The Morgan fingerprint density at radius 3 is 2.04 bits per heavy atom. The summed E-state index contributed by atoms with van der Waals surface area (Å²) in [6, 6.07) is 32.6. The number of hydrazone groups is 1. The van der Waals surface area contributed by atoms with Gasteiger partial charge in [-0.3, -0.25) is 5.43 Å². The van der Waals surface area contributed by atoms with Crippen molar-refractivity contribution in [3.63, 3.8) is 0 Å². The fraction of sp³-hybridized carbons (Fsp3) is 0.245. The second-order valence-corrected chi connectivity index (χ2v) is 18.1. The molecule has 6 rings (SSSR count). The topological polar surface area (TPSA) is 161 Å². The first-order valence-electron chi connectivity index (χ1n) is 21.4. The lowest BCUT2D eigenvalue weighted by Gasteiger charge is -2.34. The number of nitrogens with zero attached hydrogens (tertiary/aromatic N) is 2. The fourth-order valence-electron chi connectivity index (χ4n) is 7.09. The van der Waals surface area contributed by atoms with Gasteiger partial charge in [-0.2, -0.15) is 5.10 Å². The minimum absolute atomic E-state index is 0.0650. The second-order valence-electron chi connectivity index (χ2n) is 17.3. The lowest BCUT2D eigenvalue weighted by molar-refractivity contribution is -0.154. The van der Waals surface area contributed by atoms with E-state index in [-0.39, 0.29) is 24.5 Å². The lowest BCUT2D eigenvalue weighted by atomic mass is 9.92. The zero-order chi connectivity index (χ0) is 48.2. The first-order chi connectivity index (χ1) is 31.9. The maximum Gasteiger partial charge on any atom is 0.343 e. The molecule has 0 aliphatic carbocycles. The molecule has 1 N–H and O–H groups in total. The summed E-state index contributed by atoms with van der Waals surface area (Å²) < 4.78 is 34.3. The zero-order valence-electron chi connectivity index (χ0n) is 38.3. The summed E-state index contributed by atoms with van der Waals surface area (Å²) in [5.41, 5.74) is 4.25. The van der Waals surface area contributed by atoms with E-state index in [2.05, 4.69) is 48.0 Å². The van der Waals surface area contributed by atoms with Gasteiger partial charge in [0.2, 0.25) is 5.13 Å². The van der Waals surface area contributed by atoms with Crippen LogP contribution in [0.5, 0.6) is 17.2 Å². The molecule has 14 heteroatoms. The summed E-state index contributed by atoms with van der Waals surface area (Å²) in [6.07, 6.45) is 4.50. The van der Waals surface area contributed by atoms with Crippen molar-refractivity contribution in [2.75, 3.05) is 18.6 Å². The van der Waals surface area contributed by atoms with Crippen LogP contribution in [0.15, 0.2) is 145 Å². The number of hydrogen-bond donors (Lipinski definition) is 1. The second kappa shape index (κ2) is 21.6. The Labute approximate surface area is 394 Å². The van der Waals surface area contributed by atoms with Crippen molar-refractivity contribution in [2.24, 2.45) is 5.10 Å². The number of thiazole rings is 1. The van der Waals surface area contributed by atoms with E-state index in [0.29, 0.717) is 40.6 Å². The van der Waals surface area contributed by atoms with Crippen molar-refractivity contribution in [3.8, 4) is 28.5 Å². The number of nitrogens with one attached hydrogen (secondary N) is 1. The van der Waals surface area contributed by atoms with E-state index in [1.54, 1.807) is 94.4 Å². The summed E-state index contributed by atoms with van der Waals surface area (Å²) in [5, 5.41) is 9.21. The standard InChI is InChI=1S/C53H53N3O10S/c1-9-46(57)65-52(5,6)33-51(3,4)64-43-24-20-37(21-25-43)48(59)61-28-27-35-15-26-45(63-49(60)38-18-22-42(23-19-38)62-34-53(7,8)66-47(58)10-2)41(29-35)31-54-56-50-55-44(32-67-50)40-17-16-36-13-11-12-14-39(36)30-40/h9-26,29-32H,1-2,27-28,33-34H2,3-8H3,(H,55,56)/b54-31+. The van der Waals surface area contributed by atoms with Crippen molar-refractivity contribution in [2.45, 2.75) is 71.2 Å². The van der Waals surface area contributed by atoms with E-state index in [4.69, 9.17) is 33.4 Å². The molecule has 0 atom stereocenters. The van der Waals surface area contributed by atoms with E-state index < -0.39 is 40.7 Å². The summed E-state index contributed by atoms with van der Waals surface area (Å²) in [4.78, 5) is 54.7. The number of ether oxygens (including phenoxy) is 6. The Balaban J connectivity index is 1.11. The summed E-state index contributed by atoms with van der Waals surface area (Å²) in [6.45, 7) is 17.8. The molecule has 0 fully saturated rings. The van der Waals surface area contributed by atoms with Crippen LogP contribution in [0.4, 0.5) is 5.13 Å². The first-order valence-corrected chi connectivity index (χ1v) is 22.3. The maximum atomic E-state index is 13.4. The number of aromatic nitrogens is 1. The summed E-state index contributed by atoms with van der Waals surface area (Å²) in [7, 11) is 0. The number of hydrogen-bond acceptors (Lipinski definition) is 14. The maximum absolute atomic E-state index is 13.4. The van der Waals surface area contributed by atoms with Crippen LogP contribution >= 0.6 is 11.3 Å². The highest BCUT2D eigenvalue weighted by Gasteiger charge is 2.33. The van der Waals surface area contributed by atoms with E-state index in [1.165, 1.54) is 17.6 Å². The van der Waals surface area contributed by atoms with Gasteiger partial charge in [0.1, 0.15) is 40.7 Å². The minimum Gasteiger partial charge on any atom is -0.489 e. The average Bonchev–Trinajstić information content (AvgIpc) is 3.77. The number of carbonyl (C=O) groups is 4. The molecule has 1 heterocycles. The van der Waals surface area contributed by atoms with Crippen molar-refractivity contribution in [1.29, 1.82) is 0 Å². The zero-order valence-corrected chi connectivity index (χ0v) is 39.1. The molecule has 5 aromatic carbocycles. The molecule has 1 aromatic heterocycles. The molecule has 0 amide bonds. The summed E-state index contributed by atoms with van der Waals surface area (Å²) >= 11 is 1.40. The van der Waals surface area contributed by atoms with Crippen molar-refractivity contribution in [1.82, 2.24) is 4.98 Å². The van der Waals surface area contributed by atoms with Gasteiger partial charge >= 0.3 is 23.9 Å². The van der Waals surface area contributed by atoms with Gasteiger partial charge in [0, 0.05) is 41.5 Å². The smallest absolute Gasteiger partial charge is 0.343 e. The van der Waals surface area contributed by atoms with E-state index >= 15 is 0 Å². The van der Waals surface area contributed by atoms with Crippen LogP contribution in [0.25, 0.3) is 22.0 Å². The highest BCUT2D eigenvalue weighted by atomic mass is 32.1. The fourth-order valence-corrected chi connectivity index (χ4v) is 7.76. The molecule has 0 bridgehead atoms. The lowest BCUT2D eigenvalue weighted by Crippen LogP contribution is -2.40. The number of anilines is 1. The monoisotopic (exact) mass is 923 g/mol. The van der Waals surface area contributed by atoms with Crippen LogP contribution in [-0.4, -0.2) is 65.1 Å². The highest BCUT2D eigenvalue weighted by molar-refractivity contribution is 7.14. The average molecular weight is 924 g/mol. The number of rotatable bonds is 21. The van der Waals surface area contributed by atoms with Gasteiger partial charge in [-0.05, 0) is 125 Å². The minimum atomic E-state index is -0.908. The molecule has 346 valence electrons. The predicted octanol–water partition coefficient (Wildman–Crippen LogP) is 11.0. The molecule has 0 spiro atoms. The van der Waals surface area contributed by atoms with Crippen LogP contribution in [0.1, 0.15) is 79.8 Å². The molecule has 0 saturated heterocycles. The molecule has 13 nitrogen and oxygen atoms in total. The van der Waals surface area contributed by atoms with Gasteiger partial charge in [-0.15, -0.1) is 11.3 Å². The molecule has 6 aromatic rings. The van der Waals surface area contributed by atoms with Crippen LogP contribution < -0.4 is 19.6 Å². The van der Waals surface area contributed by atoms with Crippen LogP contribution in [0.3, 0.4) is 0 Å². The van der Waals surface area contributed by atoms with E-state index in [0.717, 1.165) is 39.7 Å². The SMILES string of the molecule is C=CC(=O)OC(C)(C)COc1ccc(C(=O)Oc2ccc(CCOC(=O)c3ccc(OC(C)(C)CC(C)(C)OC(=O)C=C)cc3)cc2/C=N/Nc2nc(-c3ccc4ccccc4c3)cs2)cc1. The largest absolute Gasteiger partial charge is 0.489 e. The number of carbonyl (C=O) groups excluding carboxylic acids is 4. The van der Waals surface area contributed by atoms with Gasteiger partial charge in [0.05, 0.1) is 29.6 Å². The molecule has 67 heavy (non-hydrogen) atoms. The number of esters is 4. The normalized spacial score (nSPS) is 11.7. The molecule has 0 aliphatic rings. The van der Waals surface area contributed by atoms with Gasteiger partial charge in [-0.1, -0.05) is 55.6 Å². The number of fused-ring (bicyclic) bond motifs is 1. The molecule has 0 radical (unpaired) electrons. The van der Waals surface area contributed by atoms with E-state index in [9.17, 15) is 19.2 Å². The van der Waals surface area contributed by atoms with Crippen molar-refractivity contribution in [3.05, 3.63) is 162 Å². The van der Waals surface area contributed by atoms with Gasteiger partial charge in [0.15, 0.2) is 0 Å². The van der Waals surface area contributed by atoms with Gasteiger partial charge in [-0.25, -0.2) is 24.2 Å². The quantitative estimate of drug-likeness (QED) is 0.0182. The molecule has 0 aliphatic heterocycles. The Hall–Kier alpha value is -7.58. The Bertz CT molecular complexity index is 2770. The van der Waals surface area contributed by atoms with Crippen molar-refractivity contribution >= 4 is 57.3 Å². The van der Waals surface area contributed by atoms with Gasteiger partial charge in [0.25, 0.3) is 0 Å². The molecular formula is C53H53N3O10S. The van der Waals surface area contributed by atoms with E-state index in [1.807, 2.05) is 37.4 Å². The first kappa shape index (κ1) is 48.9. The van der Waals surface area contributed by atoms with Crippen molar-refractivity contribution < 1.29 is 47.6 Å². The molecule has 0 unspecified atom stereocenters. The third-order valence-corrected chi connectivity index (χ3v) is 10.7. The highest BCUT2D eigenvalue weighted by Crippen LogP contribution is 2.31. The molecule has 0 saturated carbocycles. The van der Waals surface area contributed by atoms with Crippen LogP contribution in [-0.2, 0) is 30.2 Å². The van der Waals surface area contributed by atoms with Gasteiger partial charge < -0.3 is 28.4 Å². The molecular weight excluding hydrogens is 871 g/mol. The Morgan fingerprint density at radius 2 is 1.36 bits per heavy atom. The third kappa shape index (κ3) is 14.5. The van der Waals surface area contributed by atoms with Crippen LogP contribution in [0, 0.1) is 0 Å². The number of benzene rings is 5.